The summed E-state index contributed by atoms with van der Waals surface area (Å²) in [6.45, 7) is 1.34. The van der Waals surface area contributed by atoms with Gasteiger partial charge in [0, 0.05) is 0 Å². The van der Waals surface area contributed by atoms with Crippen LogP contribution >= 0.6 is 0 Å². The Morgan fingerprint density at radius 2 is 2.11 bits per heavy atom. The number of halogens is 1. The van der Waals surface area contributed by atoms with Gasteiger partial charge < -0.3 is 15.5 Å². The fraction of sp³-hybridized carbons (Fsp3) is 0.455. The normalized spacial score (nSPS) is 12.0. The number of nitrogens with one attached hydrogen (secondary N) is 1. The maximum Gasteiger partial charge on any atom is 0.243 e. The lowest BCUT2D eigenvalue weighted by Crippen LogP contribution is -2.45. The smallest absolute Gasteiger partial charge is 0.243 e. The van der Waals surface area contributed by atoms with Gasteiger partial charge in [0.2, 0.25) is 5.95 Å². The summed E-state index contributed by atoms with van der Waals surface area (Å²) in [6, 6.07) is 2.79. The molecule has 2 rings (SSSR count). The van der Waals surface area contributed by atoms with Crippen LogP contribution in [0.5, 0.6) is 0 Å². The number of hydrogen-bond donors (Lipinski definition) is 3. The predicted molar refractivity (Wildman–Crippen MR) is 63.8 cm³/mol. The summed E-state index contributed by atoms with van der Waals surface area (Å²) >= 11 is 0. The Bertz CT molecular complexity index is 531. The van der Waals surface area contributed by atoms with Gasteiger partial charge in [0.15, 0.2) is 5.65 Å². The molecule has 98 valence electrons. The first-order valence-corrected chi connectivity index (χ1v) is 5.64. The van der Waals surface area contributed by atoms with Crippen LogP contribution in [0, 0.1) is 5.82 Å². The van der Waals surface area contributed by atoms with Crippen LogP contribution in [0.1, 0.15) is 13.3 Å². The Labute approximate surface area is 103 Å². The number of pyridine rings is 1. The number of fused-ring (bicyclic) bond motifs is 1. The van der Waals surface area contributed by atoms with Crippen molar-refractivity contribution in [3.8, 4) is 0 Å². The lowest BCUT2D eigenvalue weighted by atomic mass is 9.99. The molecule has 3 N–H and O–H groups in total. The quantitative estimate of drug-likeness (QED) is 0.720. The predicted octanol–water partition coefficient (Wildman–Crippen LogP) is 0.414. The SMILES string of the molecule is CCC(CO)(CO)Nc1nc2ccc(F)cn2n1. The first-order chi connectivity index (χ1) is 8.62. The number of aliphatic hydroxyl groups excluding tert-OH is 2. The van der Waals surface area contributed by atoms with E-state index in [0.29, 0.717) is 12.1 Å². The molecule has 0 saturated heterocycles. The molecule has 0 fully saturated rings. The van der Waals surface area contributed by atoms with Crippen LogP contribution in [0.2, 0.25) is 0 Å². The Hall–Kier alpha value is -1.73. The molecule has 7 heteroatoms. The summed E-state index contributed by atoms with van der Waals surface area (Å²) in [6.07, 6.45) is 1.71. The lowest BCUT2D eigenvalue weighted by Gasteiger charge is -2.28. The molecule has 0 aliphatic rings. The number of nitrogens with zero attached hydrogens (tertiary/aromatic N) is 3. The Morgan fingerprint density at radius 1 is 1.39 bits per heavy atom. The van der Waals surface area contributed by atoms with Crippen molar-refractivity contribution in [3.63, 3.8) is 0 Å². The third kappa shape index (κ3) is 2.27. The van der Waals surface area contributed by atoms with Crippen molar-refractivity contribution in [1.29, 1.82) is 0 Å². The zero-order valence-electron chi connectivity index (χ0n) is 9.97. The number of hydrogen-bond acceptors (Lipinski definition) is 5. The number of aromatic nitrogens is 3. The van der Waals surface area contributed by atoms with Crippen LogP contribution in [0.15, 0.2) is 18.3 Å². The molecule has 0 atom stereocenters. The van der Waals surface area contributed by atoms with E-state index < -0.39 is 11.4 Å². The van der Waals surface area contributed by atoms with Crippen LogP contribution in [0.3, 0.4) is 0 Å². The van der Waals surface area contributed by atoms with E-state index in [2.05, 4.69) is 15.4 Å². The van der Waals surface area contributed by atoms with Gasteiger partial charge in [0.25, 0.3) is 0 Å². The average molecular weight is 254 g/mol. The van der Waals surface area contributed by atoms with E-state index in [4.69, 9.17) is 0 Å². The largest absolute Gasteiger partial charge is 0.394 e. The van der Waals surface area contributed by atoms with Crippen molar-refractivity contribution in [2.75, 3.05) is 18.5 Å². The van der Waals surface area contributed by atoms with Gasteiger partial charge >= 0.3 is 0 Å². The van der Waals surface area contributed by atoms with E-state index in [1.165, 1.54) is 22.8 Å². The van der Waals surface area contributed by atoms with Crippen LogP contribution in [0.4, 0.5) is 10.3 Å². The summed E-state index contributed by atoms with van der Waals surface area (Å²) in [4.78, 5) is 4.13. The van der Waals surface area contributed by atoms with Gasteiger partial charge in [-0.1, -0.05) is 6.92 Å². The highest BCUT2D eigenvalue weighted by atomic mass is 19.1. The van der Waals surface area contributed by atoms with E-state index in [0.717, 1.165) is 0 Å². The highest BCUT2D eigenvalue weighted by molar-refractivity contribution is 5.44. The second-order valence-electron chi connectivity index (χ2n) is 4.16. The molecule has 2 aromatic heterocycles. The molecule has 0 radical (unpaired) electrons. The van der Waals surface area contributed by atoms with Crippen molar-refractivity contribution < 1.29 is 14.6 Å². The minimum Gasteiger partial charge on any atom is -0.394 e. The summed E-state index contributed by atoms with van der Waals surface area (Å²) in [7, 11) is 0. The van der Waals surface area contributed by atoms with Crippen LogP contribution in [-0.2, 0) is 0 Å². The first kappa shape index (κ1) is 12.7. The van der Waals surface area contributed by atoms with Crippen LogP contribution in [-0.4, -0.2) is 43.6 Å². The molecule has 0 unspecified atom stereocenters. The minimum atomic E-state index is -0.872. The second kappa shape index (κ2) is 4.87. The van der Waals surface area contributed by atoms with Crippen molar-refractivity contribution in [3.05, 3.63) is 24.1 Å². The number of aliphatic hydroxyl groups is 2. The van der Waals surface area contributed by atoms with Crippen LogP contribution in [0.25, 0.3) is 5.65 Å². The van der Waals surface area contributed by atoms with Gasteiger partial charge in [-0.05, 0) is 18.6 Å². The topological polar surface area (TPSA) is 82.7 Å². The minimum absolute atomic E-state index is 0.241. The molecule has 0 spiro atoms. The average Bonchev–Trinajstić information content (AvgIpc) is 2.77. The number of rotatable bonds is 5. The molecular weight excluding hydrogens is 239 g/mol. The summed E-state index contributed by atoms with van der Waals surface area (Å²) in [5.74, 6) is -0.171. The van der Waals surface area contributed by atoms with E-state index >= 15 is 0 Å². The van der Waals surface area contributed by atoms with Gasteiger partial charge in [-0.2, -0.15) is 4.98 Å². The van der Waals surface area contributed by atoms with Gasteiger partial charge in [-0.15, -0.1) is 5.10 Å². The third-order valence-corrected chi connectivity index (χ3v) is 2.95. The summed E-state index contributed by atoms with van der Waals surface area (Å²) in [5.41, 5.74) is -0.386. The van der Waals surface area contributed by atoms with Crippen molar-refractivity contribution in [2.24, 2.45) is 0 Å². The van der Waals surface area contributed by atoms with Crippen molar-refractivity contribution >= 4 is 11.6 Å². The molecular formula is C11H15FN4O2. The molecule has 6 nitrogen and oxygen atoms in total. The van der Waals surface area contributed by atoms with Gasteiger partial charge in [0.05, 0.1) is 24.9 Å². The maximum atomic E-state index is 13.0. The number of anilines is 1. The fourth-order valence-electron chi connectivity index (χ4n) is 1.59. The van der Waals surface area contributed by atoms with E-state index in [1.807, 2.05) is 6.92 Å². The van der Waals surface area contributed by atoms with E-state index in [-0.39, 0.29) is 19.2 Å². The molecule has 18 heavy (non-hydrogen) atoms. The highest BCUT2D eigenvalue weighted by Gasteiger charge is 2.27. The Balaban J connectivity index is 2.31. The van der Waals surface area contributed by atoms with Crippen molar-refractivity contribution in [1.82, 2.24) is 14.6 Å². The van der Waals surface area contributed by atoms with Crippen molar-refractivity contribution in [2.45, 2.75) is 18.9 Å². The van der Waals surface area contributed by atoms with Gasteiger partial charge in [-0.25, -0.2) is 8.91 Å². The summed E-state index contributed by atoms with van der Waals surface area (Å²) in [5, 5.41) is 25.5. The Morgan fingerprint density at radius 3 is 2.72 bits per heavy atom. The molecule has 2 heterocycles. The van der Waals surface area contributed by atoms with E-state index in [1.54, 1.807) is 0 Å². The molecule has 0 aliphatic carbocycles. The Kier molecular flexibility index (Phi) is 3.44. The van der Waals surface area contributed by atoms with E-state index in [9.17, 15) is 14.6 Å². The van der Waals surface area contributed by atoms with Gasteiger partial charge in [-0.3, -0.25) is 0 Å². The molecule has 2 aromatic rings. The fourth-order valence-corrected chi connectivity index (χ4v) is 1.59. The molecule has 0 aromatic carbocycles. The maximum absolute atomic E-state index is 13.0. The third-order valence-electron chi connectivity index (χ3n) is 2.95. The first-order valence-electron chi connectivity index (χ1n) is 5.64. The lowest BCUT2D eigenvalue weighted by molar-refractivity contribution is 0.132. The molecule has 0 bridgehead atoms. The van der Waals surface area contributed by atoms with Crippen LogP contribution < -0.4 is 5.32 Å². The highest BCUT2D eigenvalue weighted by Crippen LogP contribution is 2.16. The zero-order valence-corrected chi connectivity index (χ0v) is 9.97. The zero-order chi connectivity index (χ0) is 13.2. The molecule has 0 saturated carbocycles. The second-order valence-corrected chi connectivity index (χ2v) is 4.16. The molecule has 0 amide bonds. The standard InChI is InChI=1S/C11H15FN4O2/c1-2-11(6-17,7-18)14-10-13-9-4-3-8(12)5-16(9)15-10/h3-5,17-18H,2,6-7H2,1H3,(H,14,15). The van der Waals surface area contributed by atoms with Gasteiger partial charge in [0.1, 0.15) is 5.82 Å². The molecule has 0 aliphatic heterocycles. The monoisotopic (exact) mass is 254 g/mol. The summed E-state index contributed by atoms with van der Waals surface area (Å²) < 4.78 is 14.3.